The zero-order valence-electron chi connectivity index (χ0n) is 18.9. The van der Waals surface area contributed by atoms with Gasteiger partial charge in [-0.05, 0) is 62.1 Å². The predicted molar refractivity (Wildman–Crippen MR) is 131 cm³/mol. The first-order valence-corrected chi connectivity index (χ1v) is 11.7. The highest BCUT2D eigenvalue weighted by Crippen LogP contribution is 2.39. The Balaban J connectivity index is 1.24. The molecule has 1 atom stereocenters. The minimum absolute atomic E-state index is 0.151. The lowest BCUT2D eigenvalue weighted by Crippen LogP contribution is -2.40. The average Bonchev–Trinajstić information content (AvgIpc) is 3.24. The number of nitrogens with two attached hydrogens (primary N) is 1. The van der Waals surface area contributed by atoms with Crippen LogP contribution in [0.4, 0.5) is 23.3 Å². The molecule has 0 radical (unpaired) electrons. The van der Waals surface area contributed by atoms with Crippen LogP contribution in [0.5, 0.6) is 0 Å². The summed E-state index contributed by atoms with van der Waals surface area (Å²) < 4.78 is 1.76. The van der Waals surface area contributed by atoms with Crippen LogP contribution in [0.15, 0.2) is 48.7 Å². The number of H-pyrrole nitrogens is 1. The molecular formula is C24H25N9O2. The molecule has 4 aromatic rings. The summed E-state index contributed by atoms with van der Waals surface area (Å²) in [6, 6.07) is 12.0. The lowest BCUT2D eigenvalue weighted by atomic mass is 10.1. The number of carbonyl (C=O) groups excluding carboxylic acids is 2. The molecule has 4 heterocycles. The predicted octanol–water partition coefficient (Wildman–Crippen LogP) is 2.78. The third-order valence-electron chi connectivity index (χ3n) is 6.49. The van der Waals surface area contributed by atoms with E-state index in [2.05, 4.69) is 25.9 Å². The lowest BCUT2D eigenvalue weighted by molar-refractivity contribution is -0.117. The molecule has 11 nitrogen and oxygen atoms in total. The quantitative estimate of drug-likeness (QED) is 0.324. The number of fused-ring (bicyclic) bond motifs is 1. The van der Waals surface area contributed by atoms with Crippen LogP contribution >= 0.6 is 0 Å². The van der Waals surface area contributed by atoms with Crippen LogP contribution < -0.4 is 21.3 Å². The third-order valence-corrected chi connectivity index (χ3v) is 6.49. The SMILES string of the molecule is NC(=O)c1ccc(NC(=O)[C@@H]2CCCN2c2nc(Nc3cc(C4CC4)[nH]n3)c3cccn3n2)cc1. The Bertz CT molecular complexity index is 1400. The Kier molecular flexibility index (Phi) is 5.09. The molecule has 1 aromatic carbocycles. The highest BCUT2D eigenvalue weighted by atomic mass is 16.2. The van der Waals surface area contributed by atoms with Crippen LogP contribution in [-0.4, -0.2) is 49.2 Å². The van der Waals surface area contributed by atoms with Gasteiger partial charge in [0.05, 0.1) is 0 Å². The van der Waals surface area contributed by atoms with E-state index in [4.69, 9.17) is 10.7 Å². The fourth-order valence-electron chi connectivity index (χ4n) is 4.48. The monoisotopic (exact) mass is 471 g/mol. The van der Waals surface area contributed by atoms with Crippen LogP contribution in [-0.2, 0) is 4.79 Å². The van der Waals surface area contributed by atoms with E-state index in [0.29, 0.717) is 47.7 Å². The van der Waals surface area contributed by atoms with Crippen LogP contribution in [0.1, 0.15) is 47.7 Å². The highest BCUT2D eigenvalue weighted by molar-refractivity contribution is 5.98. The molecule has 1 saturated carbocycles. The molecule has 3 aromatic heterocycles. The smallest absolute Gasteiger partial charge is 0.248 e. The van der Waals surface area contributed by atoms with E-state index in [1.165, 1.54) is 12.8 Å². The summed E-state index contributed by atoms with van der Waals surface area (Å²) in [5.41, 5.74) is 8.24. The van der Waals surface area contributed by atoms with Crippen molar-refractivity contribution < 1.29 is 9.59 Å². The molecule has 11 heteroatoms. The van der Waals surface area contributed by atoms with Crippen molar-refractivity contribution in [3.8, 4) is 0 Å². The van der Waals surface area contributed by atoms with Crippen molar-refractivity contribution in [1.82, 2.24) is 24.8 Å². The summed E-state index contributed by atoms with van der Waals surface area (Å²) in [5, 5.41) is 18.4. The number of amides is 2. The maximum absolute atomic E-state index is 13.1. The summed E-state index contributed by atoms with van der Waals surface area (Å²) in [7, 11) is 0. The number of nitrogens with one attached hydrogen (secondary N) is 3. The minimum Gasteiger partial charge on any atom is -0.366 e. The second kappa shape index (κ2) is 8.42. The Morgan fingerprint density at radius 3 is 2.71 bits per heavy atom. The van der Waals surface area contributed by atoms with Crippen LogP contribution in [0.2, 0.25) is 0 Å². The van der Waals surface area contributed by atoms with Gasteiger partial charge in [-0.1, -0.05) is 0 Å². The maximum atomic E-state index is 13.1. The van der Waals surface area contributed by atoms with Crippen molar-refractivity contribution in [2.45, 2.75) is 37.6 Å². The van der Waals surface area contributed by atoms with Crippen LogP contribution in [0, 0.1) is 0 Å². The molecule has 0 spiro atoms. The molecule has 1 saturated heterocycles. The van der Waals surface area contributed by atoms with E-state index < -0.39 is 11.9 Å². The van der Waals surface area contributed by atoms with E-state index >= 15 is 0 Å². The minimum atomic E-state index is -0.509. The lowest BCUT2D eigenvalue weighted by Gasteiger charge is -2.24. The number of anilines is 4. The number of primary amides is 1. The van der Waals surface area contributed by atoms with Crippen molar-refractivity contribution in [2.24, 2.45) is 5.73 Å². The normalized spacial score (nSPS) is 17.6. The number of hydrogen-bond acceptors (Lipinski definition) is 7. The zero-order chi connectivity index (χ0) is 23.9. The summed E-state index contributed by atoms with van der Waals surface area (Å²) in [6.07, 6.45) is 5.77. The molecule has 2 amide bonds. The summed E-state index contributed by atoms with van der Waals surface area (Å²) in [4.78, 5) is 31.2. The summed E-state index contributed by atoms with van der Waals surface area (Å²) in [6.45, 7) is 0.666. The first-order valence-electron chi connectivity index (χ1n) is 11.7. The van der Waals surface area contributed by atoms with Crippen molar-refractivity contribution in [3.05, 3.63) is 59.9 Å². The fraction of sp³-hybridized carbons (Fsp3) is 0.292. The van der Waals surface area contributed by atoms with Crippen LogP contribution in [0.25, 0.3) is 5.52 Å². The molecule has 5 N–H and O–H groups in total. The van der Waals surface area contributed by atoms with Gasteiger partial charge in [0.25, 0.3) is 0 Å². The van der Waals surface area contributed by atoms with Gasteiger partial charge in [0.15, 0.2) is 11.6 Å². The van der Waals surface area contributed by atoms with E-state index in [-0.39, 0.29) is 5.91 Å². The Morgan fingerprint density at radius 1 is 1.11 bits per heavy atom. The first kappa shape index (κ1) is 21.1. The summed E-state index contributed by atoms with van der Waals surface area (Å²) >= 11 is 0. The van der Waals surface area contributed by atoms with E-state index in [1.54, 1.807) is 28.8 Å². The molecule has 1 aliphatic heterocycles. The molecule has 2 fully saturated rings. The number of aromatic amines is 1. The van der Waals surface area contributed by atoms with Gasteiger partial charge < -0.3 is 21.3 Å². The van der Waals surface area contributed by atoms with Gasteiger partial charge in [0.1, 0.15) is 11.6 Å². The molecule has 178 valence electrons. The molecule has 6 rings (SSSR count). The van der Waals surface area contributed by atoms with Gasteiger partial charge in [-0.25, -0.2) is 4.52 Å². The first-order chi connectivity index (χ1) is 17.0. The van der Waals surface area contributed by atoms with E-state index in [1.807, 2.05) is 29.3 Å². The standard InChI is InChI=1S/C24H25N9O2/c25-21(34)15-7-9-16(10-8-15)26-23(35)19-4-1-11-32(19)24-28-22(18-3-2-12-33(18)31-24)27-20-13-17(29-30-20)14-5-6-14/h2-3,7-10,12-14,19H,1,4-6,11H2,(H2,25,34)(H,26,35)(H2,27,28,29,30,31)/t19-/m0/s1. The van der Waals surface area contributed by atoms with E-state index in [9.17, 15) is 9.59 Å². The van der Waals surface area contributed by atoms with Gasteiger partial charge in [0.2, 0.25) is 17.8 Å². The van der Waals surface area contributed by atoms with Crippen molar-refractivity contribution in [2.75, 3.05) is 22.1 Å². The van der Waals surface area contributed by atoms with Gasteiger partial charge in [-0.15, -0.1) is 5.10 Å². The van der Waals surface area contributed by atoms with E-state index in [0.717, 1.165) is 17.6 Å². The average molecular weight is 472 g/mol. The van der Waals surface area contributed by atoms with Crippen molar-refractivity contribution in [1.29, 1.82) is 0 Å². The number of carbonyl (C=O) groups is 2. The number of aromatic nitrogens is 5. The number of rotatable bonds is 7. The molecule has 0 bridgehead atoms. The number of benzene rings is 1. The second-order valence-corrected chi connectivity index (χ2v) is 8.99. The maximum Gasteiger partial charge on any atom is 0.248 e. The molecule has 35 heavy (non-hydrogen) atoms. The number of hydrogen-bond donors (Lipinski definition) is 4. The van der Waals surface area contributed by atoms with Gasteiger partial charge in [-0.3, -0.25) is 14.7 Å². The molecule has 0 unspecified atom stereocenters. The van der Waals surface area contributed by atoms with Gasteiger partial charge in [0, 0.05) is 41.7 Å². The third kappa shape index (κ3) is 4.16. The van der Waals surface area contributed by atoms with Gasteiger partial charge in [-0.2, -0.15) is 10.1 Å². The zero-order valence-corrected chi connectivity index (χ0v) is 18.9. The Hall–Kier alpha value is -4.41. The molecule has 1 aliphatic carbocycles. The Labute approximate surface area is 200 Å². The fourth-order valence-corrected chi connectivity index (χ4v) is 4.48. The van der Waals surface area contributed by atoms with Crippen molar-refractivity contribution in [3.63, 3.8) is 0 Å². The molecule has 2 aliphatic rings. The van der Waals surface area contributed by atoms with Crippen LogP contribution in [0.3, 0.4) is 0 Å². The highest BCUT2D eigenvalue weighted by Gasteiger charge is 2.33. The summed E-state index contributed by atoms with van der Waals surface area (Å²) in [5.74, 6) is 1.71. The largest absolute Gasteiger partial charge is 0.366 e. The topological polar surface area (TPSA) is 146 Å². The number of nitrogens with zero attached hydrogens (tertiary/aromatic N) is 5. The second-order valence-electron chi connectivity index (χ2n) is 8.99. The van der Waals surface area contributed by atoms with Gasteiger partial charge >= 0.3 is 0 Å². The molecular weight excluding hydrogens is 446 g/mol. The van der Waals surface area contributed by atoms with Crippen molar-refractivity contribution >= 4 is 40.6 Å². The Morgan fingerprint density at radius 2 is 1.94 bits per heavy atom.